The number of benzene rings is 1. The molecule has 19 heavy (non-hydrogen) atoms. The summed E-state index contributed by atoms with van der Waals surface area (Å²) < 4.78 is 3.08. The van der Waals surface area contributed by atoms with Crippen molar-refractivity contribution in [1.82, 2.24) is 15.1 Å². The van der Waals surface area contributed by atoms with Gasteiger partial charge in [0.2, 0.25) is 0 Å². The van der Waals surface area contributed by atoms with Crippen LogP contribution >= 0.6 is 15.9 Å². The minimum Gasteiger partial charge on any atom is -0.308 e. The molecule has 2 rings (SSSR count). The standard InChI is InChI=1S/C15H20BrN3/c1-4-11-6-8-12(9-7-11)14(17-3)15-13(16)10-18-19(15)5-2/h6-10,14,17H,4-5H2,1-3H3. The van der Waals surface area contributed by atoms with Crippen LogP contribution in [0, 0.1) is 0 Å². The number of nitrogens with zero attached hydrogens (tertiary/aromatic N) is 2. The summed E-state index contributed by atoms with van der Waals surface area (Å²) >= 11 is 3.60. The molecule has 1 heterocycles. The van der Waals surface area contributed by atoms with E-state index in [4.69, 9.17) is 0 Å². The van der Waals surface area contributed by atoms with Crippen molar-refractivity contribution in [3.63, 3.8) is 0 Å². The Hall–Kier alpha value is -1.13. The molecule has 0 aliphatic rings. The van der Waals surface area contributed by atoms with Crippen molar-refractivity contribution in [2.24, 2.45) is 0 Å². The van der Waals surface area contributed by atoms with Gasteiger partial charge in [0.25, 0.3) is 0 Å². The van der Waals surface area contributed by atoms with Gasteiger partial charge in [-0.2, -0.15) is 5.10 Å². The molecule has 2 aromatic rings. The van der Waals surface area contributed by atoms with Gasteiger partial charge in [-0.05, 0) is 47.4 Å². The third-order valence-corrected chi connectivity index (χ3v) is 4.03. The van der Waals surface area contributed by atoms with Crippen molar-refractivity contribution >= 4 is 15.9 Å². The third kappa shape index (κ3) is 2.90. The molecule has 0 saturated heterocycles. The van der Waals surface area contributed by atoms with Crippen molar-refractivity contribution in [2.45, 2.75) is 32.9 Å². The third-order valence-electron chi connectivity index (χ3n) is 3.42. The Kier molecular flexibility index (Phi) is 4.77. The first-order valence-electron chi connectivity index (χ1n) is 6.68. The van der Waals surface area contributed by atoms with E-state index >= 15 is 0 Å². The van der Waals surface area contributed by atoms with E-state index in [0.717, 1.165) is 17.4 Å². The summed E-state index contributed by atoms with van der Waals surface area (Å²) in [5.41, 5.74) is 3.80. The molecule has 0 saturated carbocycles. The Balaban J connectivity index is 2.40. The first-order chi connectivity index (χ1) is 9.21. The zero-order chi connectivity index (χ0) is 13.8. The van der Waals surface area contributed by atoms with E-state index < -0.39 is 0 Å². The highest BCUT2D eigenvalue weighted by Crippen LogP contribution is 2.28. The van der Waals surface area contributed by atoms with E-state index in [1.165, 1.54) is 16.8 Å². The van der Waals surface area contributed by atoms with Crippen LogP contribution in [-0.2, 0) is 13.0 Å². The highest BCUT2D eigenvalue weighted by molar-refractivity contribution is 9.10. The second-order valence-electron chi connectivity index (χ2n) is 4.51. The number of aryl methyl sites for hydroxylation is 2. The minimum atomic E-state index is 0.155. The molecular weight excluding hydrogens is 302 g/mol. The van der Waals surface area contributed by atoms with E-state index in [1.54, 1.807) is 0 Å². The van der Waals surface area contributed by atoms with Crippen LogP contribution in [0.4, 0.5) is 0 Å². The molecule has 1 N–H and O–H groups in total. The average molecular weight is 322 g/mol. The summed E-state index contributed by atoms with van der Waals surface area (Å²) in [7, 11) is 1.98. The van der Waals surface area contributed by atoms with Crippen LogP contribution in [0.15, 0.2) is 34.9 Å². The van der Waals surface area contributed by atoms with Crippen LogP contribution < -0.4 is 5.32 Å². The Labute approximate surface area is 123 Å². The summed E-state index contributed by atoms with van der Waals surface area (Å²) in [5, 5.41) is 7.78. The largest absolute Gasteiger partial charge is 0.308 e. The highest BCUT2D eigenvalue weighted by atomic mass is 79.9. The van der Waals surface area contributed by atoms with Gasteiger partial charge in [-0.15, -0.1) is 0 Å². The van der Waals surface area contributed by atoms with Crippen molar-refractivity contribution in [2.75, 3.05) is 7.05 Å². The second kappa shape index (κ2) is 6.35. The van der Waals surface area contributed by atoms with Gasteiger partial charge in [-0.3, -0.25) is 4.68 Å². The zero-order valence-electron chi connectivity index (χ0n) is 11.7. The molecule has 0 fully saturated rings. The lowest BCUT2D eigenvalue weighted by Crippen LogP contribution is -2.21. The SMILES string of the molecule is CCc1ccc(C(NC)c2c(Br)cnn2CC)cc1. The van der Waals surface area contributed by atoms with E-state index in [9.17, 15) is 0 Å². The van der Waals surface area contributed by atoms with Gasteiger partial charge in [0.15, 0.2) is 0 Å². The molecule has 4 heteroatoms. The van der Waals surface area contributed by atoms with E-state index in [0.29, 0.717) is 0 Å². The molecule has 0 aliphatic heterocycles. The molecule has 0 amide bonds. The number of halogens is 1. The number of aromatic nitrogens is 2. The molecule has 1 atom stereocenters. The lowest BCUT2D eigenvalue weighted by atomic mass is 10.0. The lowest BCUT2D eigenvalue weighted by Gasteiger charge is -2.19. The number of rotatable bonds is 5. The van der Waals surface area contributed by atoms with Crippen molar-refractivity contribution in [1.29, 1.82) is 0 Å². The van der Waals surface area contributed by atoms with Crippen LogP contribution in [0.5, 0.6) is 0 Å². The molecule has 1 aromatic carbocycles. The van der Waals surface area contributed by atoms with Gasteiger partial charge in [-0.1, -0.05) is 31.2 Å². The molecule has 0 aliphatic carbocycles. The van der Waals surface area contributed by atoms with Gasteiger partial charge in [0.05, 0.1) is 22.4 Å². The van der Waals surface area contributed by atoms with Crippen molar-refractivity contribution < 1.29 is 0 Å². The van der Waals surface area contributed by atoms with E-state index in [2.05, 4.69) is 64.5 Å². The van der Waals surface area contributed by atoms with Crippen LogP contribution in [0.25, 0.3) is 0 Å². The smallest absolute Gasteiger partial charge is 0.0757 e. The van der Waals surface area contributed by atoms with Crippen molar-refractivity contribution in [3.8, 4) is 0 Å². The predicted molar refractivity (Wildman–Crippen MR) is 82.3 cm³/mol. The lowest BCUT2D eigenvalue weighted by molar-refractivity contribution is 0.561. The maximum atomic E-state index is 4.39. The molecule has 0 radical (unpaired) electrons. The summed E-state index contributed by atoms with van der Waals surface area (Å²) in [5.74, 6) is 0. The molecule has 0 spiro atoms. The second-order valence-corrected chi connectivity index (χ2v) is 5.36. The van der Waals surface area contributed by atoms with Crippen LogP contribution in [0.2, 0.25) is 0 Å². The Bertz CT molecular complexity index is 531. The maximum absolute atomic E-state index is 4.39. The quantitative estimate of drug-likeness (QED) is 0.912. The number of nitrogens with one attached hydrogen (secondary N) is 1. The molecule has 102 valence electrons. The minimum absolute atomic E-state index is 0.155. The van der Waals surface area contributed by atoms with Crippen LogP contribution in [0.1, 0.15) is 36.7 Å². The van der Waals surface area contributed by atoms with Gasteiger partial charge >= 0.3 is 0 Å². The highest BCUT2D eigenvalue weighted by Gasteiger charge is 2.19. The summed E-state index contributed by atoms with van der Waals surface area (Å²) in [6, 6.07) is 8.93. The molecular formula is C15H20BrN3. The van der Waals surface area contributed by atoms with Gasteiger partial charge in [-0.25, -0.2) is 0 Å². The van der Waals surface area contributed by atoms with Gasteiger partial charge in [0.1, 0.15) is 0 Å². The molecule has 0 bridgehead atoms. The maximum Gasteiger partial charge on any atom is 0.0757 e. The van der Waals surface area contributed by atoms with Crippen molar-refractivity contribution in [3.05, 3.63) is 51.8 Å². The van der Waals surface area contributed by atoms with E-state index in [-0.39, 0.29) is 6.04 Å². The Morgan fingerprint density at radius 2 is 1.95 bits per heavy atom. The number of hydrogen-bond donors (Lipinski definition) is 1. The van der Waals surface area contributed by atoms with Crippen LogP contribution in [0.3, 0.4) is 0 Å². The molecule has 1 aromatic heterocycles. The fourth-order valence-electron chi connectivity index (χ4n) is 2.32. The monoisotopic (exact) mass is 321 g/mol. The molecule has 1 unspecified atom stereocenters. The first kappa shape index (κ1) is 14.3. The van der Waals surface area contributed by atoms with Gasteiger partial charge in [0, 0.05) is 6.54 Å². The first-order valence-corrected chi connectivity index (χ1v) is 7.47. The van der Waals surface area contributed by atoms with Gasteiger partial charge < -0.3 is 5.32 Å². The van der Waals surface area contributed by atoms with Crippen LogP contribution in [-0.4, -0.2) is 16.8 Å². The Morgan fingerprint density at radius 3 is 2.47 bits per heavy atom. The Morgan fingerprint density at radius 1 is 1.26 bits per heavy atom. The topological polar surface area (TPSA) is 29.9 Å². The van der Waals surface area contributed by atoms with E-state index in [1.807, 2.05) is 17.9 Å². The molecule has 3 nitrogen and oxygen atoms in total. The summed E-state index contributed by atoms with van der Waals surface area (Å²) in [6.45, 7) is 5.15. The summed E-state index contributed by atoms with van der Waals surface area (Å²) in [4.78, 5) is 0. The predicted octanol–water partition coefficient (Wildman–Crippen LogP) is 3.54. The normalized spacial score (nSPS) is 12.6. The zero-order valence-corrected chi connectivity index (χ0v) is 13.2. The fourth-order valence-corrected chi connectivity index (χ4v) is 2.84. The fraction of sp³-hybridized carbons (Fsp3) is 0.400. The summed E-state index contributed by atoms with van der Waals surface area (Å²) in [6.07, 6.45) is 2.94. The average Bonchev–Trinajstić information content (AvgIpc) is 2.82. The number of hydrogen-bond acceptors (Lipinski definition) is 2.